The maximum absolute atomic E-state index is 6.05. The summed E-state index contributed by atoms with van der Waals surface area (Å²) in [6, 6.07) is 8.27. The minimum atomic E-state index is 0.622. The fraction of sp³-hybridized carbons (Fsp3) is 0.357. The third-order valence-electron chi connectivity index (χ3n) is 3.46. The third kappa shape index (κ3) is 2.74. The molecule has 0 N–H and O–H groups in total. The van der Waals surface area contributed by atoms with Gasteiger partial charge in [0.05, 0.1) is 5.51 Å². The standard InChI is InChI=1S/C14H15ClN2S/c15-13-3-1-2-11(6-13)12-4-5-17(8-12)9-14-7-16-10-18-14/h1-3,6-7,10,12H,4-5,8-9H2/t12-/m0/s1. The van der Waals surface area contributed by atoms with E-state index in [1.165, 1.54) is 16.9 Å². The second kappa shape index (κ2) is 5.39. The molecule has 2 nitrogen and oxygen atoms in total. The van der Waals surface area contributed by atoms with Gasteiger partial charge in [-0.3, -0.25) is 9.88 Å². The van der Waals surface area contributed by atoms with Gasteiger partial charge in [0.1, 0.15) is 0 Å². The van der Waals surface area contributed by atoms with Gasteiger partial charge in [0.25, 0.3) is 0 Å². The lowest BCUT2D eigenvalue weighted by Gasteiger charge is -2.15. The van der Waals surface area contributed by atoms with Gasteiger partial charge in [-0.2, -0.15) is 0 Å². The highest BCUT2D eigenvalue weighted by atomic mass is 35.5. The average molecular weight is 279 g/mol. The Labute approximate surface area is 116 Å². The monoisotopic (exact) mass is 278 g/mol. The molecule has 1 fully saturated rings. The number of aromatic nitrogens is 1. The first kappa shape index (κ1) is 12.2. The zero-order chi connectivity index (χ0) is 12.4. The summed E-state index contributed by atoms with van der Waals surface area (Å²) in [5.74, 6) is 0.622. The average Bonchev–Trinajstić information content (AvgIpc) is 3.01. The van der Waals surface area contributed by atoms with Crippen LogP contribution in [0.1, 0.15) is 22.8 Å². The van der Waals surface area contributed by atoms with E-state index in [1.807, 2.05) is 23.8 Å². The van der Waals surface area contributed by atoms with Gasteiger partial charge in [-0.15, -0.1) is 11.3 Å². The Morgan fingerprint density at radius 3 is 3.17 bits per heavy atom. The summed E-state index contributed by atoms with van der Waals surface area (Å²) in [6.45, 7) is 3.31. The van der Waals surface area contributed by atoms with Crippen LogP contribution in [0.5, 0.6) is 0 Å². The van der Waals surface area contributed by atoms with Crippen molar-refractivity contribution in [2.75, 3.05) is 13.1 Å². The van der Waals surface area contributed by atoms with Crippen LogP contribution in [0.4, 0.5) is 0 Å². The molecule has 0 unspecified atom stereocenters. The zero-order valence-electron chi connectivity index (χ0n) is 10.1. The van der Waals surface area contributed by atoms with E-state index in [1.54, 1.807) is 11.3 Å². The number of hydrogen-bond donors (Lipinski definition) is 0. The topological polar surface area (TPSA) is 16.1 Å². The van der Waals surface area contributed by atoms with Crippen LogP contribution in [0.15, 0.2) is 36.0 Å². The lowest BCUT2D eigenvalue weighted by molar-refractivity contribution is 0.329. The molecule has 1 aromatic carbocycles. The summed E-state index contributed by atoms with van der Waals surface area (Å²) in [7, 11) is 0. The van der Waals surface area contributed by atoms with E-state index in [9.17, 15) is 0 Å². The molecule has 2 aromatic rings. The van der Waals surface area contributed by atoms with Crippen LogP contribution in [-0.2, 0) is 6.54 Å². The smallest absolute Gasteiger partial charge is 0.0794 e. The highest BCUT2D eigenvalue weighted by Crippen LogP contribution is 2.29. The Morgan fingerprint density at radius 2 is 2.39 bits per heavy atom. The first-order chi connectivity index (χ1) is 8.81. The Hall–Kier alpha value is -0.900. The Balaban J connectivity index is 1.65. The molecule has 18 heavy (non-hydrogen) atoms. The van der Waals surface area contributed by atoms with Gasteiger partial charge in [-0.1, -0.05) is 23.7 Å². The van der Waals surface area contributed by atoms with Crippen molar-refractivity contribution in [3.63, 3.8) is 0 Å². The van der Waals surface area contributed by atoms with E-state index >= 15 is 0 Å². The lowest BCUT2D eigenvalue weighted by atomic mass is 9.99. The summed E-state index contributed by atoms with van der Waals surface area (Å²) in [6.07, 6.45) is 3.19. The molecule has 0 aliphatic carbocycles. The maximum atomic E-state index is 6.05. The molecule has 3 rings (SSSR count). The number of likely N-dealkylation sites (tertiary alicyclic amines) is 1. The molecular formula is C14H15ClN2S. The summed E-state index contributed by atoms with van der Waals surface area (Å²) in [5, 5.41) is 0.841. The van der Waals surface area contributed by atoms with E-state index in [4.69, 9.17) is 11.6 Å². The van der Waals surface area contributed by atoms with Gasteiger partial charge < -0.3 is 0 Å². The number of rotatable bonds is 3. The van der Waals surface area contributed by atoms with Gasteiger partial charge in [-0.25, -0.2) is 0 Å². The van der Waals surface area contributed by atoms with Crippen molar-refractivity contribution in [1.82, 2.24) is 9.88 Å². The van der Waals surface area contributed by atoms with Gasteiger partial charge in [0, 0.05) is 29.2 Å². The fourth-order valence-electron chi connectivity index (χ4n) is 2.55. The van der Waals surface area contributed by atoms with E-state index in [0.717, 1.165) is 24.7 Å². The molecule has 1 saturated heterocycles. The number of thiazole rings is 1. The molecular weight excluding hydrogens is 264 g/mol. The number of halogens is 1. The Bertz CT molecular complexity index is 512. The van der Waals surface area contributed by atoms with E-state index < -0.39 is 0 Å². The summed E-state index contributed by atoms with van der Waals surface area (Å²) in [4.78, 5) is 7.98. The molecule has 0 saturated carbocycles. The van der Waals surface area contributed by atoms with Crippen molar-refractivity contribution < 1.29 is 0 Å². The third-order valence-corrected chi connectivity index (χ3v) is 4.45. The van der Waals surface area contributed by atoms with Crippen molar-refractivity contribution >= 4 is 22.9 Å². The molecule has 94 valence electrons. The van der Waals surface area contributed by atoms with Crippen molar-refractivity contribution in [3.05, 3.63) is 51.4 Å². The largest absolute Gasteiger partial charge is 0.298 e. The minimum Gasteiger partial charge on any atom is -0.298 e. The van der Waals surface area contributed by atoms with Crippen LogP contribution < -0.4 is 0 Å². The molecule has 0 radical (unpaired) electrons. The van der Waals surface area contributed by atoms with Crippen LogP contribution in [0.2, 0.25) is 5.02 Å². The molecule has 2 heterocycles. The number of nitrogens with zero attached hydrogens (tertiary/aromatic N) is 2. The molecule has 0 spiro atoms. The predicted octanol–water partition coefficient (Wildman–Crippen LogP) is 3.79. The molecule has 1 atom stereocenters. The number of hydrogen-bond acceptors (Lipinski definition) is 3. The first-order valence-electron chi connectivity index (χ1n) is 6.16. The van der Waals surface area contributed by atoms with Crippen molar-refractivity contribution in [2.45, 2.75) is 18.9 Å². The van der Waals surface area contributed by atoms with Crippen LogP contribution in [-0.4, -0.2) is 23.0 Å². The number of benzene rings is 1. The summed E-state index contributed by atoms with van der Waals surface area (Å²) < 4.78 is 0. The van der Waals surface area contributed by atoms with Crippen molar-refractivity contribution in [3.8, 4) is 0 Å². The SMILES string of the molecule is Clc1cccc([C@H]2CCN(Cc3cncs3)C2)c1. The van der Waals surface area contributed by atoms with Gasteiger partial charge >= 0.3 is 0 Å². The van der Waals surface area contributed by atoms with E-state index in [-0.39, 0.29) is 0 Å². The predicted molar refractivity (Wildman–Crippen MR) is 76.2 cm³/mol. The zero-order valence-corrected chi connectivity index (χ0v) is 11.6. The molecule has 0 amide bonds. The van der Waals surface area contributed by atoms with Crippen LogP contribution in [0, 0.1) is 0 Å². The van der Waals surface area contributed by atoms with Crippen LogP contribution >= 0.6 is 22.9 Å². The fourth-order valence-corrected chi connectivity index (χ4v) is 3.38. The second-order valence-corrected chi connectivity index (χ2v) is 6.15. The maximum Gasteiger partial charge on any atom is 0.0794 e. The van der Waals surface area contributed by atoms with Gasteiger partial charge in [-0.05, 0) is 36.6 Å². The Morgan fingerprint density at radius 1 is 1.44 bits per heavy atom. The summed E-state index contributed by atoms with van der Waals surface area (Å²) >= 11 is 7.79. The highest BCUT2D eigenvalue weighted by Gasteiger charge is 2.24. The second-order valence-electron chi connectivity index (χ2n) is 4.74. The summed E-state index contributed by atoms with van der Waals surface area (Å²) in [5.41, 5.74) is 3.27. The molecule has 1 aliphatic rings. The van der Waals surface area contributed by atoms with Crippen molar-refractivity contribution in [2.24, 2.45) is 0 Å². The van der Waals surface area contributed by atoms with Crippen LogP contribution in [0.25, 0.3) is 0 Å². The van der Waals surface area contributed by atoms with E-state index in [0.29, 0.717) is 5.92 Å². The quantitative estimate of drug-likeness (QED) is 0.849. The molecule has 0 bridgehead atoms. The molecule has 1 aliphatic heterocycles. The normalized spacial score (nSPS) is 20.4. The Kier molecular flexibility index (Phi) is 3.64. The molecule has 4 heteroatoms. The van der Waals surface area contributed by atoms with Crippen LogP contribution in [0.3, 0.4) is 0 Å². The van der Waals surface area contributed by atoms with Gasteiger partial charge in [0.2, 0.25) is 0 Å². The molecule has 1 aromatic heterocycles. The highest BCUT2D eigenvalue weighted by molar-refractivity contribution is 7.09. The minimum absolute atomic E-state index is 0.622. The first-order valence-corrected chi connectivity index (χ1v) is 7.42. The lowest BCUT2D eigenvalue weighted by Crippen LogP contribution is -2.19. The van der Waals surface area contributed by atoms with Gasteiger partial charge in [0.15, 0.2) is 0 Å². The van der Waals surface area contributed by atoms with E-state index in [2.05, 4.69) is 22.0 Å². The van der Waals surface area contributed by atoms with Crippen molar-refractivity contribution in [1.29, 1.82) is 0 Å².